The number of nitrogens with zero attached hydrogens (tertiary/aromatic N) is 3. The molecule has 1 aromatic carbocycles. The number of aromatic nitrogens is 2. The summed E-state index contributed by atoms with van der Waals surface area (Å²) in [5.74, 6) is 0.495. The van der Waals surface area contributed by atoms with Gasteiger partial charge in [-0.1, -0.05) is 17.7 Å². The van der Waals surface area contributed by atoms with Gasteiger partial charge in [0.05, 0.1) is 19.3 Å². The Kier molecular flexibility index (Phi) is 3.83. The molecule has 3 rings (SSSR count). The minimum Gasteiger partial charge on any atom is -0.465 e. The van der Waals surface area contributed by atoms with Crippen LogP contribution < -0.4 is 4.90 Å². The van der Waals surface area contributed by atoms with E-state index in [0.29, 0.717) is 17.8 Å². The van der Waals surface area contributed by atoms with Gasteiger partial charge >= 0.3 is 5.97 Å². The van der Waals surface area contributed by atoms with Crippen LogP contribution in [0.25, 0.3) is 0 Å². The maximum Gasteiger partial charge on any atom is 0.343 e. The van der Waals surface area contributed by atoms with Gasteiger partial charge in [-0.15, -0.1) is 0 Å². The lowest BCUT2D eigenvalue weighted by Gasteiger charge is -2.19. The van der Waals surface area contributed by atoms with E-state index < -0.39 is 0 Å². The van der Waals surface area contributed by atoms with E-state index in [2.05, 4.69) is 16.1 Å². The van der Waals surface area contributed by atoms with Crippen molar-refractivity contribution < 1.29 is 9.53 Å². The molecule has 2 aromatic rings. The molecule has 0 saturated heterocycles. The fraction of sp³-hybridized carbons (Fsp3) is 0.375. The summed E-state index contributed by atoms with van der Waals surface area (Å²) in [6, 6.07) is 6.00. The zero-order valence-electron chi connectivity index (χ0n) is 12.9. The van der Waals surface area contributed by atoms with Crippen LogP contribution in [0.4, 0.5) is 5.82 Å². The summed E-state index contributed by atoms with van der Waals surface area (Å²) in [5, 5.41) is 5.16. The molecule has 1 aliphatic rings. The molecule has 0 saturated carbocycles. The Morgan fingerprint density at radius 1 is 1.32 bits per heavy atom. The summed E-state index contributed by atoms with van der Waals surface area (Å²) in [5.41, 5.74) is 3.50. The molecular weight excluding hydrogens is 302 g/mol. The van der Waals surface area contributed by atoms with Gasteiger partial charge in [0.1, 0.15) is 11.4 Å². The second-order valence-corrected chi connectivity index (χ2v) is 5.99. The summed E-state index contributed by atoms with van der Waals surface area (Å²) in [6.45, 7) is 6.13. The van der Waals surface area contributed by atoms with Gasteiger partial charge in [0.25, 0.3) is 0 Å². The molecule has 22 heavy (non-hydrogen) atoms. The maximum absolute atomic E-state index is 12.0. The molecule has 0 atom stereocenters. The van der Waals surface area contributed by atoms with Crippen LogP contribution in [0.5, 0.6) is 0 Å². The lowest BCUT2D eigenvalue weighted by molar-refractivity contribution is 0.0600. The van der Waals surface area contributed by atoms with E-state index in [4.69, 9.17) is 16.3 Å². The molecule has 0 spiro atoms. The van der Waals surface area contributed by atoms with Crippen molar-refractivity contribution in [3.63, 3.8) is 0 Å². The first-order valence-corrected chi connectivity index (χ1v) is 7.54. The predicted molar refractivity (Wildman–Crippen MR) is 85.5 cm³/mol. The first kappa shape index (κ1) is 14.9. The SMILES string of the molecule is COC(=O)c1c(C)nn2c1N(Cc1cc(C)cc(Cl)c1)CC2. The number of carbonyl (C=O) groups is 1. The third-order valence-corrected chi connectivity index (χ3v) is 4.06. The number of halogens is 1. The van der Waals surface area contributed by atoms with Crippen molar-refractivity contribution in [3.05, 3.63) is 45.6 Å². The van der Waals surface area contributed by atoms with Crippen LogP contribution >= 0.6 is 11.6 Å². The molecule has 0 unspecified atom stereocenters. The van der Waals surface area contributed by atoms with Crippen LogP contribution in [0.1, 0.15) is 27.2 Å². The molecule has 0 aliphatic carbocycles. The Hall–Kier alpha value is -2.01. The molecule has 6 heteroatoms. The minimum atomic E-state index is -0.340. The van der Waals surface area contributed by atoms with E-state index in [0.717, 1.165) is 35.1 Å². The molecule has 0 bridgehead atoms. The number of anilines is 1. The zero-order valence-corrected chi connectivity index (χ0v) is 13.6. The number of benzene rings is 1. The average molecular weight is 320 g/mol. The van der Waals surface area contributed by atoms with Crippen LogP contribution in [0, 0.1) is 13.8 Å². The molecule has 0 amide bonds. The highest BCUT2D eigenvalue weighted by Gasteiger charge is 2.30. The smallest absolute Gasteiger partial charge is 0.343 e. The lowest BCUT2D eigenvalue weighted by Crippen LogP contribution is -2.22. The van der Waals surface area contributed by atoms with Crippen molar-refractivity contribution in [2.75, 3.05) is 18.6 Å². The summed E-state index contributed by atoms with van der Waals surface area (Å²) in [7, 11) is 1.39. The van der Waals surface area contributed by atoms with Crippen molar-refractivity contribution in [3.8, 4) is 0 Å². The standard InChI is InChI=1S/C16H18ClN3O2/c1-10-6-12(8-13(17)7-10)9-19-4-5-20-15(19)14(11(2)18-20)16(21)22-3/h6-8H,4-5,9H2,1-3H3. The molecule has 2 heterocycles. The zero-order chi connectivity index (χ0) is 15.9. The molecule has 5 nitrogen and oxygen atoms in total. The predicted octanol–water partition coefficient (Wildman–Crippen LogP) is 2.96. The van der Waals surface area contributed by atoms with Crippen molar-refractivity contribution >= 4 is 23.4 Å². The Bertz CT molecular complexity index is 719. The number of esters is 1. The summed E-state index contributed by atoms with van der Waals surface area (Å²) in [6.07, 6.45) is 0. The number of rotatable bonds is 3. The van der Waals surface area contributed by atoms with Gasteiger partial charge in [0.2, 0.25) is 0 Å². The quantitative estimate of drug-likeness (QED) is 0.816. The highest BCUT2D eigenvalue weighted by molar-refractivity contribution is 6.30. The molecule has 1 aromatic heterocycles. The molecule has 0 fully saturated rings. The van der Waals surface area contributed by atoms with Crippen molar-refractivity contribution in [2.24, 2.45) is 0 Å². The monoisotopic (exact) mass is 319 g/mol. The van der Waals surface area contributed by atoms with Crippen LogP contribution in [0.2, 0.25) is 5.02 Å². The Morgan fingerprint density at radius 2 is 2.09 bits per heavy atom. The Balaban J connectivity index is 1.95. The molecule has 1 aliphatic heterocycles. The topological polar surface area (TPSA) is 47.4 Å². The minimum absolute atomic E-state index is 0.340. The summed E-state index contributed by atoms with van der Waals surface area (Å²) < 4.78 is 6.77. The number of ether oxygens (including phenoxy) is 1. The highest BCUT2D eigenvalue weighted by atomic mass is 35.5. The van der Waals surface area contributed by atoms with Crippen LogP contribution in [0.15, 0.2) is 18.2 Å². The lowest BCUT2D eigenvalue weighted by atomic mass is 10.1. The first-order valence-electron chi connectivity index (χ1n) is 7.16. The molecule has 116 valence electrons. The van der Waals surface area contributed by atoms with Crippen LogP contribution in [0.3, 0.4) is 0 Å². The molecule has 0 N–H and O–H groups in total. The van der Waals surface area contributed by atoms with Gasteiger partial charge in [-0.25, -0.2) is 9.48 Å². The van der Waals surface area contributed by atoms with Crippen LogP contribution in [-0.4, -0.2) is 29.4 Å². The number of hydrogen-bond donors (Lipinski definition) is 0. The first-order chi connectivity index (χ1) is 10.5. The van der Waals surface area contributed by atoms with Gasteiger partial charge in [0.15, 0.2) is 0 Å². The second kappa shape index (κ2) is 5.65. The number of methoxy groups -OCH3 is 1. The van der Waals surface area contributed by atoms with E-state index in [-0.39, 0.29) is 5.97 Å². The summed E-state index contributed by atoms with van der Waals surface area (Å²) >= 11 is 6.13. The fourth-order valence-electron chi connectivity index (χ4n) is 2.99. The highest BCUT2D eigenvalue weighted by Crippen LogP contribution is 2.30. The number of carbonyl (C=O) groups excluding carboxylic acids is 1. The van der Waals surface area contributed by atoms with Gasteiger partial charge in [-0.2, -0.15) is 5.10 Å². The third kappa shape index (κ3) is 2.57. The maximum atomic E-state index is 12.0. The third-order valence-electron chi connectivity index (χ3n) is 3.85. The van der Waals surface area contributed by atoms with E-state index in [1.807, 2.05) is 30.7 Å². The van der Waals surface area contributed by atoms with Crippen molar-refractivity contribution in [1.29, 1.82) is 0 Å². The fourth-order valence-corrected chi connectivity index (χ4v) is 3.30. The van der Waals surface area contributed by atoms with Gasteiger partial charge in [0, 0.05) is 18.1 Å². The van der Waals surface area contributed by atoms with Crippen LogP contribution in [-0.2, 0) is 17.8 Å². The van der Waals surface area contributed by atoms with E-state index in [1.54, 1.807) is 0 Å². The van der Waals surface area contributed by atoms with Crippen molar-refractivity contribution in [1.82, 2.24) is 9.78 Å². The number of hydrogen-bond acceptors (Lipinski definition) is 4. The normalized spacial score (nSPS) is 13.4. The average Bonchev–Trinajstić information content (AvgIpc) is 2.96. The second-order valence-electron chi connectivity index (χ2n) is 5.56. The summed E-state index contributed by atoms with van der Waals surface area (Å²) in [4.78, 5) is 14.2. The molecular formula is C16H18ClN3O2. The van der Waals surface area contributed by atoms with Crippen molar-refractivity contribution in [2.45, 2.75) is 26.9 Å². The van der Waals surface area contributed by atoms with Gasteiger partial charge in [-0.05, 0) is 37.1 Å². The Labute approximate surface area is 134 Å². The number of fused-ring (bicyclic) bond motifs is 1. The van der Waals surface area contributed by atoms with Gasteiger partial charge in [-0.3, -0.25) is 0 Å². The largest absolute Gasteiger partial charge is 0.465 e. The molecule has 0 radical (unpaired) electrons. The van der Waals surface area contributed by atoms with E-state index >= 15 is 0 Å². The van der Waals surface area contributed by atoms with Gasteiger partial charge < -0.3 is 9.64 Å². The number of aryl methyl sites for hydroxylation is 2. The van der Waals surface area contributed by atoms with E-state index in [9.17, 15) is 4.79 Å². The Morgan fingerprint density at radius 3 is 2.77 bits per heavy atom. The van der Waals surface area contributed by atoms with E-state index in [1.165, 1.54) is 7.11 Å².